The van der Waals surface area contributed by atoms with Gasteiger partial charge < -0.3 is 20.1 Å². The van der Waals surface area contributed by atoms with E-state index < -0.39 is 0 Å². The van der Waals surface area contributed by atoms with E-state index in [9.17, 15) is 0 Å². The Morgan fingerprint density at radius 1 is 0.844 bits per heavy atom. The summed E-state index contributed by atoms with van der Waals surface area (Å²) in [6.45, 7) is 2.29. The molecule has 4 nitrogen and oxygen atoms in total. The predicted octanol–water partition coefficient (Wildman–Crippen LogP) is 5.41. The molecule has 3 aliphatic rings. The summed E-state index contributed by atoms with van der Waals surface area (Å²) in [6.07, 6.45) is 9.42. The van der Waals surface area contributed by atoms with Crippen molar-refractivity contribution in [1.29, 1.82) is 0 Å². The van der Waals surface area contributed by atoms with Crippen molar-refractivity contribution in [3.8, 4) is 11.3 Å². The highest BCUT2D eigenvalue weighted by Gasteiger charge is 2.36. The van der Waals surface area contributed by atoms with Crippen LogP contribution in [0.5, 0.6) is 0 Å². The van der Waals surface area contributed by atoms with Gasteiger partial charge in [0, 0.05) is 59.5 Å². The minimum absolute atomic E-state index is 0.678. The van der Waals surface area contributed by atoms with Crippen LogP contribution in [0.3, 0.4) is 0 Å². The summed E-state index contributed by atoms with van der Waals surface area (Å²) in [6, 6.07) is 22.9. The summed E-state index contributed by atoms with van der Waals surface area (Å²) >= 11 is 0. The SMILES string of the molecule is CN1C2CCCC1CC(NC1CCN(c3cccc(-c4cc5ccccc5[nH]4)c3)CC1)C2. The molecule has 32 heavy (non-hydrogen) atoms. The van der Waals surface area contributed by atoms with Crippen LogP contribution in [-0.2, 0) is 0 Å². The molecule has 3 saturated heterocycles. The molecule has 2 atom stereocenters. The van der Waals surface area contributed by atoms with E-state index in [0.29, 0.717) is 6.04 Å². The fraction of sp³-hybridized carbons (Fsp3) is 0.500. The Morgan fingerprint density at radius 2 is 1.62 bits per heavy atom. The van der Waals surface area contributed by atoms with Gasteiger partial charge in [0.15, 0.2) is 0 Å². The molecule has 0 aliphatic carbocycles. The van der Waals surface area contributed by atoms with Gasteiger partial charge in [-0.25, -0.2) is 0 Å². The van der Waals surface area contributed by atoms with Crippen LogP contribution in [0.4, 0.5) is 5.69 Å². The number of hydrogen-bond acceptors (Lipinski definition) is 3. The molecule has 2 bridgehead atoms. The molecule has 0 radical (unpaired) electrons. The predicted molar refractivity (Wildman–Crippen MR) is 134 cm³/mol. The summed E-state index contributed by atoms with van der Waals surface area (Å²) in [4.78, 5) is 8.83. The molecule has 2 unspecified atom stereocenters. The smallest absolute Gasteiger partial charge is 0.0465 e. The maximum Gasteiger partial charge on any atom is 0.0465 e. The maximum atomic E-state index is 4.07. The highest BCUT2D eigenvalue weighted by Crippen LogP contribution is 2.33. The second kappa shape index (κ2) is 8.57. The van der Waals surface area contributed by atoms with Crippen LogP contribution in [0.2, 0.25) is 0 Å². The first-order valence-electron chi connectivity index (χ1n) is 12.6. The fourth-order valence-electron chi connectivity index (χ4n) is 6.49. The van der Waals surface area contributed by atoms with E-state index in [2.05, 4.69) is 81.7 Å². The number of aromatic amines is 1. The Balaban J connectivity index is 1.09. The molecule has 168 valence electrons. The number of hydrogen-bond donors (Lipinski definition) is 2. The molecule has 4 heteroatoms. The second-order valence-electron chi connectivity index (χ2n) is 10.3. The van der Waals surface area contributed by atoms with Crippen molar-refractivity contribution >= 4 is 16.6 Å². The average molecular weight is 429 g/mol. The van der Waals surface area contributed by atoms with Gasteiger partial charge in [-0.05, 0) is 75.4 Å². The van der Waals surface area contributed by atoms with E-state index >= 15 is 0 Å². The van der Waals surface area contributed by atoms with E-state index in [1.165, 1.54) is 72.8 Å². The lowest BCUT2D eigenvalue weighted by Gasteiger charge is -2.48. The number of fused-ring (bicyclic) bond motifs is 3. The molecule has 3 aliphatic heterocycles. The molecule has 6 rings (SSSR count). The van der Waals surface area contributed by atoms with Crippen molar-refractivity contribution < 1.29 is 0 Å². The molecular formula is C28H36N4. The standard InChI is InChI=1S/C28H36N4/c1-31-24-8-5-9-25(31)19-23(18-24)29-22-12-14-32(15-13-22)26-10-4-7-20(16-26)28-17-21-6-2-3-11-27(21)30-28/h2-4,6-7,10-11,16-17,22-25,29-30H,5,8-9,12-15,18-19H2,1H3. The molecule has 1 aromatic heterocycles. The van der Waals surface area contributed by atoms with Crippen LogP contribution in [0.1, 0.15) is 44.9 Å². The zero-order valence-electron chi connectivity index (χ0n) is 19.3. The Kier molecular flexibility index (Phi) is 5.44. The highest BCUT2D eigenvalue weighted by atomic mass is 15.2. The zero-order chi connectivity index (χ0) is 21.5. The van der Waals surface area contributed by atoms with Gasteiger partial charge in [-0.15, -0.1) is 0 Å². The summed E-state index contributed by atoms with van der Waals surface area (Å²) in [5.74, 6) is 0. The van der Waals surface area contributed by atoms with E-state index in [4.69, 9.17) is 0 Å². The Morgan fingerprint density at radius 3 is 2.41 bits per heavy atom. The third kappa shape index (κ3) is 3.95. The normalized spacial score (nSPS) is 27.2. The fourth-order valence-corrected chi connectivity index (χ4v) is 6.49. The quantitative estimate of drug-likeness (QED) is 0.583. The number of aromatic nitrogens is 1. The summed E-state index contributed by atoms with van der Waals surface area (Å²) in [5.41, 5.74) is 5.04. The number of nitrogens with one attached hydrogen (secondary N) is 2. The monoisotopic (exact) mass is 428 g/mol. The van der Waals surface area contributed by atoms with Gasteiger partial charge in [-0.1, -0.05) is 36.8 Å². The number of rotatable bonds is 4. The van der Waals surface area contributed by atoms with Gasteiger partial charge in [-0.3, -0.25) is 0 Å². The first-order chi connectivity index (χ1) is 15.7. The highest BCUT2D eigenvalue weighted by molar-refractivity contribution is 5.86. The number of piperidine rings is 3. The lowest BCUT2D eigenvalue weighted by Crippen LogP contribution is -2.56. The third-order valence-electron chi connectivity index (χ3n) is 8.36. The van der Waals surface area contributed by atoms with Gasteiger partial charge in [0.25, 0.3) is 0 Å². The maximum absolute atomic E-state index is 4.07. The van der Waals surface area contributed by atoms with E-state index in [1.54, 1.807) is 0 Å². The first-order valence-corrected chi connectivity index (χ1v) is 12.6. The van der Waals surface area contributed by atoms with Crippen molar-refractivity contribution in [3.63, 3.8) is 0 Å². The Hall–Kier alpha value is -2.30. The first kappa shape index (κ1) is 20.3. The summed E-state index contributed by atoms with van der Waals surface area (Å²) in [5, 5.41) is 5.35. The van der Waals surface area contributed by atoms with E-state index in [-0.39, 0.29) is 0 Å². The lowest BCUT2D eigenvalue weighted by atomic mass is 9.82. The van der Waals surface area contributed by atoms with Crippen LogP contribution in [-0.4, -0.2) is 54.2 Å². The van der Waals surface area contributed by atoms with Gasteiger partial charge >= 0.3 is 0 Å². The molecule has 2 aromatic carbocycles. The number of nitrogens with zero attached hydrogens (tertiary/aromatic N) is 2. The minimum atomic E-state index is 0.678. The average Bonchev–Trinajstić information content (AvgIpc) is 3.25. The van der Waals surface area contributed by atoms with Gasteiger partial charge in [0.05, 0.1) is 0 Å². The van der Waals surface area contributed by atoms with Gasteiger partial charge in [-0.2, -0.15) is 0 Å². The molecule has 0 spiro atoms. The molecule has 2 N–H and O–H groups in total. The molecular weight excluding hydrogens is 392 g/mol. The molecule has 3 fully saturated rings. The van der Waals surface area contributed by atoms with E-state index in [0.717, 1.165) is 31.2 Å². The Labute approximate surface area is 192 Å². The van der Waals surface area contributed by atoms with E-state index in [1.807, 2.05) is 0 Å². The van der Waals surface area contributed by atoms with Gasteiger partial charge in [0.1, 0.15) is 0 Å². The molecule has 3 aromatic rings. The van der Waals surface area contributed by atoms with Crippen molar-refractivity contribution in [2.45, 2.75) is 69.1 Å². The number of benzene rings is 2. The van der Waals surface area contributed by atoms with Crippen LogP contribution in [0, 0.1) is 0 Å². The van der Waals surface area contributed by atoms with Crippen molar-refractivity contribution in [3.05, 3.63) is 54.6 Å². The number of para-hydroxylation sites is 1. The number of H-pyrrole nitrogens is 1. The zero-order valence-corrected chi connectivity index (χ0v) is 19.3. The minimum Gasteiger partial charge on any atom is -0.371 e. The summed E-state index contributed by atoms with van der Waals surface area (Å²) < 4.78 is 0. The summed E-state index contributed by atoms with van der Waals surface area (Å²) in [7, 11) is 2.35. The number of anilines is 1. The molecule has 0 amide bonds. The largest absolute Gasteiger partial charge is 0.371 e. The second-order valence-corrected chi connectivity index (χ2v) is 10.3. The topological polar surface area (TPSA) is 34.3 Å². The Bertz CT molecular complexity index is 1020. The van der Waals surface area contributed by atoms with Crippen molar-refractivity contribution in [1.82, 2.24) is 15.2 Å². The van der Waals surface area contributed by atoms with Gasteiger partial charge in [0.2, 0.25) is 0 Å². The van der Waals surface area contributed by atoms with Crippen LogP contribution in [0.15, 0.2) is 54.6 Å². The lowest BCUT2D eigenvalue weighted by molar-refractivity contribution is 0.0449. The molecule has 0 saturated carbocycles. The van der Waals surface area contributed by atoms with Crippen molar-refractivity contribution in [2.24, 2.45) is 0 Å². The van der Waals surface area contributed by atoms with Crippen LogP contribution >= 0.6 is 0 Å². The van der Waals surface area contributed by atoms with Crippen LogP contribution < -0.4 is 10.2 Å². The third-order valence-corrected chi connectivity index (χ3v) is 8.36. The van der Waals surface area contributed by atoms with Crippen molar-refractivity contribution in [2.75, 3.05) is 25.0 Å². The van der Waals surface area contributed by atoms with Crippen LogP contribution in [0.25, 0.3) is 22.2 Å². The molecule has 4 heterocycles.